The standard InChI is InChI=1S/C12H19N3O2/c1-4-10-8(3)6-13-11-9(7-14-15(10)11)12(16)17-5-2/h7-8,10,13H,4-6H2,1-3H3. The fraction of sp³-hybridized carbons (Fsp3) is 0.667. The van der Waals surface area contributed by atoms with Crippen molar-refractivity contribution in [2.75, 3.05) is 18.5 Å². The Morgan fingerprint density at radius 1 is 1.65 bits per heavy atom. The van der Waals surface area contributed by atoms with Gasteiger partial charge in [0.05, 0.1) is 18.8 Å². The Kier molecular flexibility index (Phi) is 3.36. The fourth-order valence-corrected chi connectivity index (χ4v) is 2.36. The number of aromatic nitrogens is 2. The molecule has 0 amide bonds. The molecule has 94 valence electrons. The molecule has 0 bridgehead atoms. The maximum atomic E-state index is 11.7. The van der Waals surface area contributed by atoms with Crippen LogP contribution >= 0.6 is 0 Å². The van der Waals surface area contributed by atoms with Crippen LogP contribution in [0.5, 0.6) is 0 Å². The maximum absolute atomic E-state index is 11.7. The molecule has 17 heavy (non-hydrogen) atoms. The minimum Gasteiger partial charge on any atom is -0.462 e. The van der Waals surface area contributed by atoms with Crippen LogP contribution in [-0.2, 0) is 4.74 Å². The maximum Gasteiger partial charge on any atom is 0.343 e. The van der Waals surface area contributed by atoms with E-state index in [1.807, 2.05) is 4.68 Å². The van der Waals surface area contributed by atoms with E-state index in [1.165, 1.54) is 0 Å². The van der Waals surface area contributed by atoms with Crippen molar-refractivity contribution in [1.29, 1.82) is 0 Å². The van der Waals surface area contributed by atoms with Gasteiger partial charge in [0, 0.05) is 6.54 Å². The normalized spacial score (nSPS) is 22.8. The fourth-order valence-electron chi connectivity index (χ4n) is 2.36. The van der Waals surface area contributed by atoms with E-state index < -0.39 is 0 Å². The lowest BCUT2D eigenvalue weighted by Gasteiger charge is -2.31. The first-order valence-electron chi connectivity index (χ1n) is 6.17. The number of hydrogen-bond acceptors (Lipinski definition) is 4. The van der Waals surface area contributed by atoms with E-state index in [4.69, 9.17) is 4.74 Å². The Labute approximate surface area is 101 Å². The summed E-state index contributed by atoms with van der Waals surface area (Å²) in [6.45, 7) is 7.39. The van der Waals surface area contributed by atoms with Crippen molar-refractivity contribution in [3.8, 4) is 0 Å². The summed E-state index contributed by atoms with van der Waals surface area (Å²) in [6, 6.07) is 0.356. The summed E-state index contributed by atoms with van der Waals surface area (Å²) < 4.78 is 6.93. The van der Waals surface area contributed by atoms with Crippen LogP contribution in [0.25, 0.3) is 0 Å². The smallest absolute Gasteiger partial charge is 0.343 e. The van der Waals surface area contributed by atoms with Crippen molar-refractivity contribution < 1.29 is 9.53 Å². The van der Waals surface area contributed by atoms with Gasteiger partial charge in [-0.15, -0.1) is 0 Å². The number of carbonyl (C=O) groups is 1. The van der Waals surface area contributed by atoms with Crippen molar-refractivity contribution in [3.63, 3.8) is 0 Å². The van der Waals surface area contributed by atoms with Crippen LogP contribution < -0.4 is 5.32 Å². The highest BCUT2D eigenvalue weighted by Gasteiger charge is 2.29. The quantitative estimate of drug-likeness (QED) is 0.818. The SMILES string of the molecule is CCOC(=O)c1cnn2c1NCC(C)C2CC. The minimum absolute atomic E-state index is 0.300. The molecule has 2 heterocycles. The molecule has 1 N–H and O–H groups in total. The lowest BCUT2D eigenvalue weighted by Crippen LogP contribution is -2.31. The second kappa shape index (κ2) is 4.77. The van der Waals surface area contributed by atoms with E-state index in [0.29, 0.717) is 24.1 Å². The van der Waals surface area contributed by atoms with Gasteiger partial charge in [0.25, 0.3) is 0 Å². The summed E-state index contributed by atoms with van der Waals surface area (Å²) in [4.78, 5) is 11.7. The second-order valence-corrected chi connectivity index (χ2v) is 4.41. The van der Waals surface area contributed by atoms with Gasteiger partial charge in [0.15, 0.2) is 0 Å². The Morgan fingerprint density at radius 3 is 3.06 bits per heavy atom. The van der Waals surface area contributed by atoms with Crippen molar-refractivity contribution in [2.24, 2.45) is 5.92 Å². The largest absolute Gasteiger partial charge is 0.462 e. The molecule has 0 fully saturated rings. The monoisotopic (exact) mass is 237 g/mol. The van der Waals surface area contributed by atoms with E-state index >= 15 is 0 Å². The van der Waals surface area contributed by atoms with E-state index in [9.17, 15) is 4.79 Å². The molecule has 1 aliphatic heterocycles. The number of fused-ring (bicyclic) bond motifs is 1. The lowest BCUT2D eigenvalue weighted by atomic mass is 9.98. The highest BCUT2D eigenvalue weighted by molar-refractivity contribution is 5.94. The number of rotatable bonds is 3. The molecule has 2 rings (SSSR count). The van der Waals surface area contributed by atoms with E-state index in [0.717, 1.165) is 18.8 Å². The predicted octanol–water partition coefficient (Wildman–Crippen LogP) is 2.07. The van der Waals surface area contributed by atoms with Crippen LogP contribution in [-0.4, -0.2) is 28.9 Å². The van der Waals surface area contributed by atoms with Crippen molar-refractivity contribution in [3.05, 3.63) is 11.8 Å². The van der Waals surface area contributed by atoms with Crippen LogP contribution in [0.1, 0.15) is 43.6 Å². The van der Waals surface area contributed by atoms with Gasteiger partial charge in [-0.25, -0.2) is 9.48 Å². The summed E-state index contributed by atoms with van der Waals surface area (Å²) in [5.74, 6) is 1.02. The first-order chi connectivity index (χ1) is 8.19. The van der Waals surface area contributed by atoms with Crippen molar-refractivity contribution in [1.82, 2.24) is 9.78 Å². The zero-order valence-electron chi connectivity index (χ0n) is 10.6. The molecular weight excluding hydrogens is 218 g/mol. The Balaban J connectivity index is 2.32. The van der Waals surface area contributed by atoms with Crippen LogP contribution in [0.15, 0.2) is 6.20 Å². The number of hydrogen-bond donors (Lipinski definition) is 1. The van der Waals surface area contributed by atoms with Gasteiger partial charge in [-0.05, 0) is 19.3 Å². The molecule has 0 spiro atoms. The molecule has 2 unspecified atom stereocenters. The lowest BCUT2D eigenvalue weighted by molar-refractivity contribution is 0.0527. The second-order valence-electron chi connectivity index (χ2n) is 4.41. The first kappa shape index (κ1) is 12.0. The summed E-state index contributed by atoms with van der Waals surface area (Å²) in [6.07, 6.45) is 2.61. The number of anilines is 1. The first-order valence-corrected chi connectivity index (χ1v) is 6.17. The molecule has 1 aliphatic rings. The molecule has 0 radical (unpaired) electrons. The molecule has 1 aromatic rings. The van der Waals surface area contributed by atoms with Gasteiger partial charge in [-0.1, -0.05) is 13.8 Å². The molecular formula is C12H19N3O2. The molecule has 1 aromatic heterocycles. The number of nitrogens with one attached hydrogen (secondary N) is 1. The highest BCUT2D eigenvalue weighted by Crippen LogP contribution is 2.32. The Hall–Kier alpha value is -1.52. The molecule has 0 saturated heterocycles. The number of ether oxygens (including phenoxy) is 1. The average Bonchev–Trinajstić information content (AvgIpc) is 2.73. The summed E-state index contributed by atoms with van der Waals surface area (Å²) >= 11 is 0. The third-order valence-corrected chi connectivity index (χ3v) is 3.27. The average molecular weight is 237 g/mol. The van der Waals surface area contributed by atoms with E-state index in [2.05, 4.69) is 24.3 Å². The number of esters is 1. The van der Waals surface area contributed by atoms with Gasteiger partial charge in [0.2, 0.25) is 0 Å². The summed E-state index contributed by atoms with van der Waals surface area (Å²) in [5, 5.41) is 7.58. The third kappa shape index (κ3) is 2.01. The van der Waals surface area contributed by atoms with Crippen molar-refractivity contribution in [2.45, 2.75) is 33.2 Å². The molecule has 5 nitrogen and oxygen atoms in total. The third-order valence-electron chi connectivity index (χ3n) is 3.27. The number of carbonyl (C=O) groups excluding carboxylic acids is 1. The van der Waals surface area contributed by atoms with Gasteiger partial charge < -0.3 is 10.1 Å². The topological polar surface area (TPSA) is 56.1 Å². The zero-order valence-corrected chi connectivity index (χ0v) is 10.6. The van der Waals surface area contributed by atoms with Gasteiger partial charge in [-0.3, -0.25) is 0 Å². The Morgan fingerprint density at radius 2 is 2.41 bits per heavy atom. The van der Waals surface area contributed by atoms with E-state index in [-0.39, 0.29) is 5.97 Å². The molecule has 5 heteroatoms. The number of nitrogens with zero attached hydrogens (tertiary/aromatic N) is 2. The van der Waals surface area contributed by atoms with Gasteiger partial charge >= 0.3 is 5.97 Å². The summed E-state index contributed by atoms with van der Waals surface area (Å²) in [5.41, 5.74) is 0.539. The molecule has 0 aromatic carbocycles. The van der Waals surface area contributed by atoms with Crippen LogP contribution in [0, 0.1) is 5.92 Å². The summed E-state index contributed by atoms with van der Waals surface area (Å²) in [7, 11) is 0. The molecule has 2 atom stereocenters. The zero-order chi connectivity index (χ0) is 12.4. The van der Waals surface area contributed by atoms with E-state index in [1.54, 1.807) is 13.1 Å². The predicted molar refractivity (Wildman–Crippen MR) is 65.2 cm³/mol. The Bertz CT molecular complexity index is 414. The van der Waals surface area contributed by atoms with Crippen LogP contribution in [0.4, 0.5) is 5.82 Å². The van der Waals surface area contributed by atoms with Crippen LogP contribution in [0.3, 0.4) is 0 Å². The minimum atomic E-state index is -0.300. The van der Waals surface area contributed by atoms with Crippen LogP contribution in [0.2, 0.25) is 0 Å². The molecule has 0 saturated carbocycles. The van der Waals surface area contributed by atoms with Gasteiger partial charge in [-0.2, -0.15) is 5.10 Å². The van der Waals surface area contributed by atoms with Crippen molar-refractivity contribution >= 4 is 11.8 Å². The highest BCUT2D eigenvalue weighted by atomic mass is 16.5. The van der Waals surface area contributed by atoms with Gasteiger partial charge in [0.1, 0.15) is 11.4 Å². The molecule has 0 aliphatic carbocycles.